The highest BCUT2D eigenvalue weighted by molar-refractivity contribution is 5.14. The topological polar surface area (TPSA) is 57.2 Å². The van der Waals surface area contributed by atoms with Crippen molar-refractivity contribution in [1.29, 1.82) is 0 Å². The van der Waals surface area contributed by atoms with E-state index >= 15 is 0 Å². The highest BCUT2D eigenvalue weighted by atomic mass is 17.1. The predicted molar refractivity (Wildman–Crippen MR) is 92.6 cm³/mol. The van der Waals surface area contributed by atoms with Crippen molar-refractivity contribution in [3.8, 4) is 0 Å². The first-order valence-electron chi connectivity index (χ1n) is 8.26. The molecule has 0 bridgehead atoms. The Kier molecular flexibility index (Phi) is 6.73. The molecule has 2 aromatic rings. The number of hydrogen-bond donors (Lipinski definition) is 1. The third-order valence-electron chi connectivity index (χ3n) is 3.92. The molecule has 1 N–H and O–H groups in total. The largest absolute Gasteiger partial charge is 0.374 e. The summed E-state index contributed by atoms with van der Waals surface area (Å²) >= 11 is 0. The predicted octanol–water partition coefficient (Wildman–Crippen LogP) is 3.56. The van der Waals surface area contributed by atoms with E-state index in [1.54, 1.807) is 6.08 Å². The van der Waals surface area contributed by atoms with Crippen LogP contribution in [0.25, 0.3) is 0 Å². The molecule has 0 radical (unpaired) electrons. The Morgan fingerprint density at radius 2 is 1.48 bits per heavy atom. The minimum Gasteiger partial charge on any atom is -0.374 e. The monoisotopic (exact) mass is 342 g/mol. The maximum atomic E-state index is 8.85. The van der Waals surface area contributed by atoms with E-state index in [4.69, 9.17) is 19.5 Å². The van der Waals surface area contributed by atoms with Crippen molar-refractivity contribution in [3.63, 3.8) is 0 Å². The summed E-state index contributed by atoms with van der Waals surface area (Å²) in [5, 5.41) is 8.85. The minimum atomic E-state index is -0.804. The average molecular weight is 342 g/mol. The summed E-state index contributed by atoms with van der Waals surface area (Å²) in [5.41, 5.74) is 2.17. The van der Waals surface area contributed by atoms with E-state index in [-0.39, 0.29) is 12.2 Å². The third-order valence-corrected chi connectivity index (χ3v) is 3.92. The van der Waals surface area contributed by atoms with Crippen LogP contribution in [0, 0.1) is 0 Å². The first kappa shape index (κ1) is 17.8. The van der Waals surface area contributed by atoms with Crippen LogP contribution in [0.4, 0.5) is 0 Å². The Morgan fingerprint density at radius 3 is 2.12 bits per heavy atom. The molecular formula is C20H22O5. The molecule has 0 aromatic heterocycles. The lowest BCUT2D eigenvalue weighted by molar-refractivity contribution is -0.347. The summed E-state index contributed by atoms with van der Waals surface area (Å²) < 4.78 is 17.4. The summed E-state index contributed by atoms with van der Waals surface area (Å²) in [7, 11) is 0. The Labute approximate surface area is 147 Å². The molecule has 3 rings (SSSR count). The summed E-state index contributed by atoms with van der Waals surface area (Å²) in [6.45, 7) is 1.29. The summed E-state index contributed by atoms with van der Waals surface area (Å²) in [4.78, 5) is 4.28. The van der Waals surface area contributed by atoms with Gasteiger partial charge in [-0.1, -0.05) is 66.7 Å². The van der Waals surface area contributed by atoms with E-state index in [1.807, 2.05) is 66.7 Å². The van der Waals surface area contributed by atoms with Crippen molar-refractivity contribution >= 4 is 0 Å². The molecule has 5 nitrogen and oxygen atoms in total. The first-order valence-corrected chi connectivity index (χ1v) is 8.26. The van der Waals surface area contributed by atoms with Gasteiger partial charge >= 0.3 is 0 Å². The van der Waals surface area contributed by atoms with Crippen molar-refractivity contribution in [2.75, 3.05) is 6.61 Å². The van der Waals surface area contributed by atoms with Crippen molar-refractivity contribution < 1.29 is 24.4 Å². The molecule has 1 aliphatic heterocycles. The molecule has 1 heterocycles. The maximum absolute atomic E-state index is 8.85. The molecule has 3 atom stereocenters. The van der Waals surface area contributed by atoms with Crippen molar-refractivity contribution in [3.05, 3.63) is 83.9 Å². The number of benzene rings is 2. The molecule has 0 spiro atoms. The van der Waals surface area contributed by atoms with Gasteiger partial charge in [0, 0.05) is 0 Å². The van der Waals surface area contributed by atoms with E-state index in [9.17, 15) is 0 Å². The van der Waals surface area contributed by atoms with Gasteiger partial charge in [0.25, 0.3) is 0 Å². The zero-order chi connectivity index (χ0) is 17.3. The molecule has 0 unspecified atom stereocenters. The van der Waals surface area contributed by atoms with Gasteiger partial charge in [-0.2, -0.15) is 0 Å². The fraction of sp³-hybridized carbons (Fsp3) is 0.300. The Balaban J connectivity index is 1.54. The highest BCUT2D eigenvalue weighted by Crippen LogP contribution is 2.19. The third kappa shape index (κ3) is 5.49. The van der Waals surface area contributed by atoms with Gasteiger partial charge in [-0.3, -0.25) is 0 Å². The summed E-state index contributed by atoms with van der Waals surface area (Å²) in [6, 6.07) is 19.9. The van der Waals surface area contributed by atoms with Gasteiger partial charge in [0.05, 0.1) is 19.8 Å². The van der Waals surface area contributed by atoms with Crippen LogP contribution >= 0.6 is 0 Å². The summed E-state index contributed by atoms with van der Waals surface area (Å²) in [6.07, 6.45) is 2.02. The zero-order valence-electron chi connectivity index (χ0n) is 13.9. The van der Waals surface area contributed by atoms with Gasteiger partial charge in [0.1, 0.15) is 12.2 Å². The quantitative estimate of drug-likeness (QED) is 0.452. The van der Waals surface area contributed by atoms with Gasteiger partial charge in [-0.05, 0) is 17.2 Å². The molecule has 25 heavy (non-hydrogen) atoms. The molecule has 2 aromatic carbocycles. The number of ether oxygens (including phenoxy) is 3. The van der Waals surface area contributed by atoms with Crippen LogP contribution in [0.5, 0.6) is 0 Å². The lowest BCUT2D eigenvalue weighted by Crippen LogP contribution is -2.40. The van der Waals surface area contributed by atoms with Crippen LogP contribution in [0.3, 0.4) is 0 Å². The Morgan fingerprint density at radius 1 is 0.840 bits per heavy atom. The molecule has 132 valence electrons. The molecule has 1 aliphatic rings. The molecular weight excluding hydrogens is 320 g/mol. The van der Waals surface area contributed by atoms with E-state index in [2.05, 4.69) is 4.89 Å². The molecule has 5 heteroatoms. The fourth-order valence-electron chi connectivity index (χ4n) is 2.61. The second kappa shape index (κ2) is 9.46. The van der Waals surface area contributed by atoms with E-state index < -0.39 is 6.29 Å². The molecule has 0 aliphatic carbocycles. The van der Waals surface area contributed by atoms with Crippen LogP contribution in [0.15, 0.2) is 72.8 Å². The van der Waals surface area contributed by atoms with Gasteiger partial charge in [-0.25, -0.2) is 10.1 Å². The lowest BCUT2D eigenvalue weighted by Gasteiger charge is -2.30. The van der Waals surface area contributed by atoms with Crippen LogP contribution in [-0.2, 0) is 32.3 Å². The van der Waals surface area contributed by atoms with Crippen molar-refractivity contribution in [2.45, 2.75) is 31.7 Å². The average Bonchev–Trinajstić information content (AvgIpc) is 2.68. The first-order chi connectivity index (χ1) is 12.3. The van der Waals surface area contributed by atoms with Gasteiger partial charge < -0.3 is 14.2 Å². The van der Waals surface area contributed by atoms with Crippen molar-refractivity contribution in [2.24, 2.45) is 0 Å². The standard InChI is InChI=1S/C20H22O5/c21-25-20-12-11-18(23-14-17-9-5-2-6-10-17)19(24-20)15-22-13-16-7-3-1-4-8-16/h1-12,18-21H,13-15H2/t18-,19-,20-/m1/s1. The SMILES string of the molecule is OO[C@@H]1C=C[C@@H](OCc2ccccc2)[C@@H](COCc2ccccc2)O1. The van der Waals surface area contributed by atoms with Gasteiger partial charge in [0.15, 0.2) is 0 Å². The number of rotatable bonds is 8. The highest BCUT2D eigenvalue weighted by Gasteiger charge is 2.29. The molecule has 0 fully saturated rings. The van der Waals surface area contributed by atoms with Gasteiger partial charge in [0.2, 0.25) is 6.29 Å². The zero-order valence-corrected chi connectivity index (χ0v) is 13.9. The van der Waals surface area contributed by atoms with Crippen molar-refractivity contribution in [1.82, 2.24) is 0 Å². The Hall–Kier alpha value is -2.02. The van der Waals surface area contributed by atoms with E-state index in [1.165, 1.54) is 0 Å². The minimum absolute atomic E-state index is 0.276. The van der Waals surface area contributed by atoms with Gasteiger partial charge in [-0.15, -0.1) is 0 Å². The second-order valence-electron chi connectivity index (χ2n) is 5.80. The molecule has 0 amide bonds. The fourth-order valence-corrected chi connectivity index (χ4v) is 2.61. The Bertz CT molecular complexity index is 644. The second-order valence-corrected chi connectivity index (χ2v) is 5.80. The van der Waals surface area contributed by atoms with Crippen LogP contribution in [0.1, 0.15) is 11.1 Å². The van der Waals surface area contributed by atoms with E-state index in [0.717, 1.165) is 11.1 Å². The van der Waals surface area contributed by atoms with Crippen LogP contribution in [-0.4, -0.2) is 30.4 Å². The van der Waals surface area contributed by atoms with Crippen LogP contribution < -0.4 is 0 Å². The number of hydrogen-bond acceptors (Lipinski definition) is 5. The molecule has 0 saturated carbocycles. The van der Waals surface area contributed by atoms with E-state index in [0.29, 0.717) is 19.8 Å². The normalized spacial score (nSPS) is 22.8. The summed E-state index contributed by atoms with van der Waals surface area (Å²) in [5.74, 6) is 0. The van der Waals surface area contributed by atoms with Crippen LogP contribution in [0.2, 0.25) is 0 Å². The maximum Gasteiger partial charge on any atom is 0.210 e. The molecule has 0 saturated heterocycles. The lowest BCUT2D eigenvalue weighted by atomic mass is 10.1. The smallest absolute Gasteiger partial charge is 0.210 e.